The van der Waals surface area contributed by atoms with Gasteiger partial charge in [0.1, 0.15) is 5.76 Å². The summed E-state index contributed by atoms with van der Waals surface area (Å²) in [5.74, 6) is -1.70. The number of pyridine rings is 1. The molecular weight excluding hydrogens is 264 g/mol. The molecule has 3 rings (SSSR count). The van der Waals surface area contributed by atoms with Crippen molar-refractivity contribution in [1.82, 2.24) is 10.1 Å². The summed E-state index contributed by atoms with van der Waals surface area (Å²) in [6.45, 7) is 0. The number of hydrogen-bond donors (Lipinski definition) is 1. The van der Waals surface area contributed by atoms with Crippen molar-refractivity contribution in [3.05, 3.63) is 30.3 Å². The second kappa shape index (κ2) is 4.85. The summed E-state index contributed by atoms with van der Waals surface area (Å²) in [6.07, 6.45) is 3.85. The molecule has 0 atom stereocenters. The van der Waals surface area contributed by atoms with Gasteiger partial charge >= 0.3 is 0 Å². The fraction of sp³-hybridized carbons (Fsp3) is 0.429. The molecule has 1 aliphatic carbocycles. The van der Waals surface area contributed by atoms with Gasteiger partial charge in [0.25, 0.3) is 0 Å². The summed E-state index contributed by atoms with van der Waals surface area (Å²) in [7, 11) is 0. The Balaban J connectivity index is 1.92. The minimum Gasteiger partial charge on any atom is -0.380 e. The maximum Gasteiger partial charge on any atom is 0.248 e. The van der Waals surface area contributed by atoms with Crippen LogP contribution in [0.1, 0.15) is 37.4 Å². The fourth-order valence-electron chi connectivity index (χ4n) is 2.71. The van der Waals surface area contributed by atoms with Crippen LogP contribution in [-0.4, -0.2) is 16.1 Å². The lowest BCUT2D eigenvalue weighted by molar-refractivity contribution is -0.0398. The van der Waals surface area contributed by atoms with E-state index < -0.39 is 5.92 Å². The van der Waals surface area contributed by atoms with Crippen molar-refractivity contribution < 1.29 is 13.3 Å². The van der Waals surface area contributed by atoms with Crippen LogP contribution in [0, 0.1) is 0 Å². The lowest BCUT2D eigenvalue weighted by Crippen LogP contribution is -2.23. The van der Waals surface area contributed by atoms with Gasteiger partial charge in [0, 0.05) is 31.2 Å². The van der Waals surface area contributed by atoms with E-state index in [0.29, 0.717) is 30.0 Å². The normalized spacial score (nSPS) is 19.1. The summed E-state index contributed by atoms with van der Waals surface area (Å²) >= 11 is 0. The summed E-state index contributed by atoms with van der Waals surface area (Å²) < 4.78 is 31.8. The Hall–Kier alpha value is -1.98. The van der Waals surface area contributed by atoms with E-state index in [4.69, 9.17) is 10.3 Å². The molecule has 2 N–H and O–H groups in total. The van der Waals surface area contributed by atoms with Gasteiger partial charge in [0.05, 0.1) is 5.56 Å². The number of nitrogens with two attached hydrogens (primary N) is 1. The first-order valence-electron chi connectivity index (χ1n) is 6.60. The van der Waals surface area contributed by atoms with Crippen molar-refractivity contribution in [3.8, 4) is 11.1 Å². The van der Waals surface area contributed by atoms with Crippen LogP contribution >= 0.6 is 0 Å². The maximum atomic E-state index is 13.2. The molecule has 2 aromatic heterocycles. The average molecular weight is 279 g/mol. The molecule has 0 amide bonds. The van der Waals surface area contributed by atoms with Gasteiger partial charge in [-0.05, 0) is 30.5 Å². The van der Waals surface area contributed by atoms with Gasteiger partial charge in [0.2, 0.25) is 5.92 Å². The molecule has 6 heteroatoms. The highest BCUT2D eigenvalue weighted by Crippen LogP contribution is 2.44. The van der Waals surface area contributed by atoms with E-state index in [1.165, 1.54) is 0 Å². The van der Waals surface area contributed by atoms with E-state index in [9.17, 15) is 8.78 Å². The van der Waals surface area contributed by atoms with E-state index >= 15 is 0 Å². The number of aromatic nitrogens is 2. The van der Waals surface area contributed by atoms with Gasteiger partial charge in [-0.3, -0.25) is 4.98 Å². The molecule has 1 saturated carbocycles. The molecule has 0 aliphatic heterocycles. The number of halogens is 2. The van der Waals surface area contributed by atoms with Crippen molar-refractivity contribution in [2.24, 2.45) is 0 Å². The fourth-order valence-corrected chi connectivity index (χ4v) is 2.71. The minimum absolute atomic E-state index is 0.0532. The first kappa shape index (κ1) is 13.0. The molecule has 0 radical (unpaired) electrons. The SMILES string of the molecule is Nc1noc(C2CCC(F)(F)CC2)c1-c1ccncc1. The third-order valence-corrected chi connectivity index (χ3v) is 3.80. The zero-order chi connectivity index (χ0) is 14.2. The van der Waals surface area contributed by atoms with Crippen LogP contribution < -0.4 is 5.73 Å². The highest BCUT2D eigenvalue weighted by atomic mass is 19.3. The molecule has 1 aliphatic rings. The summed E-state index contributed by atoms with van der Waals surface area (Å²) in [6, 6.07) is 3.62. The van der Waals surface area contributed by atoms with Crippen molar-refractivity contribution in [1.29, 1.82) is 0 Å². The Morgan fingerprint density at radius 3 is 2.50 bits per heavy atom. The smallest absolute Gasteiger partial charge is 0.248 e. The number of alkyl halides is 2. The van der Waals surface area contributed by atoms with Crippen LogP contribution in [0.5, 0.6) is 0 Å². The highest BCUT2D eigenvalue weighted by molar-refractivity contribution is 5.75. The monoisotopic (exact) mass is 279 g/mol. The molecule has 20 heavy (non-hydrogen) atoms. The Kier molecular flexibility index (Phi) is 3.16. The second-order valence-corrected chi connectivity index (χ2v) is 5.17. The third-order valence-electron chi connectivity index (χ3n) is 3.80. The van der Waals surface area contributed by atoms with Crippen LogP contribution in [-0.2, 0) is 0 Å². The number of nitrogens with zero attached hydrogens (tertiary/aromatic N) is 2. The predicted octanol–water partition coefficient (Wildman–Crippen LogP) is 3.61. The molecule has 0 bridgehead atoms. The van der Waals surface area contributed by atoms with Crippen LogP contribution in [0.25, 0.3) is 11.1 Å². The van der Waals surface area contributed by atoms with E-state index in [1.54, 1.807) is 12.4 Å². The zero-order valence-corrected chi connectivity index (χ0v) is 10.9. The molecule has 0 unspecified atom stereocenters. The van der Waals surface area contributed by atoms with Crippen LogP contribution in [0.3, 0.4) is 0 Å². The Labute approximate surface area is 115 Å². The summed E-state index contributed by atoms with van der Waals surface area (Å²) in [4.78, 5) is 3.96. The zero-order valence-electron chi connectivity index (χ0n) is 10.9. The van der Waals surface area contributed by atoms with Gasteiger partial charge in [-0.2, -0.15) is 0 Å². The van der Waals surface area contributed by atoms with Gasteiger partial charge in [-0.1, -0.05) is 5.16 Å². The van der Waals surface area contributed by atoms with E-state index in [0.717, 1.165) is 5.56 Å². The molecule has 4 nitrogen and oxygen atoms in total. The minimum atomic E-state index is -2.56. The molecule has 0 aromatic carbocycles. The molecule has 2 aromatic rings. The molecule has 2 heterocycles. The molecule has 0 spiro atoms. The van der Waals surface area contributed by atoms with Crippen molar-refractivity contribution in [2.75, 3.05) is 5.73 Å². The Morgan fingerprint density at radius 1 is 1.20 bits per heavy atom. The summed E-state index contributed by atoms with van der Waals surface area (Å²) in [5.41, 5.74) is 7.42. The van der Waals surface area contributed by atoms with Crippen LogP contribution in [0.4, 0.5) is 14.6 Å². The van der Waals surface area contributed by atoms with Gasteiger partial charge in [-0.15, -0.1) is 0 Å². The largest absolute Gasteiger partial charge is 0.380 e. The second-order valence-electron chi connectivity index (χ2n) is 5.17. The lowest BCUT2D eigenvalue weighted by atomic mass is 9.83. The maximum absolute atomic E-state index is 13.2. The Bertz CT molecular complexity index is 588. The quantitative estimate of drug-likeness (QED) is 0.912. The van der Waals surface area contributed by atoms with Crippen LogP contribution in [0.2, 0.25) is 0 Å². The first-order chi connectivity index (χ1) is 9.57. The third kappa shape index (κ3) is 2.37. The predicted molar refractivity (Wildman–Crippen MR) is 70.3 cm³/mol. The van der Waals surface area contributed by atoms with Gasteiger partial charge in [-0.25, -0.2) is 8.78 Å². The molecular formula is C14H15F2N3O. The summed E-state index contributed by atoms with van der Waals surface area (Å²) in [5, 5.41) is 3.80. The topological polar surface area (TPSA) is 64.9 Å². The molecule has 106 valence electrons. The number of rotatable bonds is 2. The molecule has 0 saturated heterocycles. The molecule has 1 fully saturated rings. The standard InChI is InChI=1S/C14H15F2N3O/c15-14(16)5-1-10(2-6-14)12-11(13(17)19-20-12)9-3-7-18-8-4-9/h3-4,7-8,10H,1-2,5-6H2,(H2,17,19). The van der Waals surface area contributed by atoms with E-state index in [2.05, 4.69) is 10.1 Å². The van der Waals surface area contributed by atoms with Crippen molar-refractivity contribution in [3.63, 3.8) is 0 Å². The van der Waals surface area contributed by atoms with Crippen molar-refractivity contribution in [2.45, 2.75) is 37.5 Å². The highest BCUT2D eigenvalue weighted by Gasteiger charge is 2.38. The Morgan fingerprint density at radius 2 is 1.85 bits per heavy atom. The van der Waals surface area contributed by atoms with E-state index in [1.807, 2.05) is 12.1 Å². The van der Waals surface area contributed by atoms with E-state index in [-0.39, 0.29) is 18.8 Å². The van der Waals surface area contributed by atoms with Crippen LogP contribution in [0.15, 0.2) is 29.0 Å². The van der Waals surface area contributed by atoms with Gasteiger partial charge < -0.3 is 10.3 Å². The van der Waals surface area contributed by atoms with Crippen molar-refractivity contribution >= 4 is 5.82 Å². The number of hydrogen-bond acceptors (Lipinski definition) is 4. The average Bonchev–Trinajstić information content (AvgIpc) is 2.82. The number of anilines is 1. The van der Waals surface area contributed by atoms with Gasteiger partial charge in [0.15, 0.2) is 5.82 Å². The first-order valence-corrected chi connectivity index (χ1v) is 6.60. The lowest BCUT2D eigenvalue weighted by Gasteiger charge is -2.27. The number of nitrogen functional groups attached to an aromatic ring is 1.